The van der Waals surface area contributed by atoms with Crippen molar-refractivity contribution in [2.24, 2.45) is 0 Å². The smallest absolute Gasteiger partial charge is 0.258 e. The van der Waals surface area contributed by atoms with Gasteiger partial charge in [0, 0.05) is 12.0 Å². The number of ether oxygens (including phenoxy) is 2. The lowest BCUT2D eigenvalue weighted by molar-refractivity contribution is -0.124. The number of hydrogen-bond acceptors (Lipinski definition) is 3. The number of para-hydroxylation sites is 1. The van der Waals surface area contributed by atoms with Crippen LogP contribution in [0.5, 0.6) is 11.5 Å². The fraction of sp³-hybridized carbons (Fsp3) is 0.350. The van der Waals surface area contributed by atoms with E-state index in [4.69, 9.17) is 9.47 Å². The highest BCUT2D eigenvalue weighted by molar-refractivity contribution is 5.78. The predicted octanol–water partition coefficient (Wildman–Crippen LogP) is 3.93. The molecule has 0 aliphatic carbocycles. The zero-order valence-electron chi connectivity index (χ0n) is 14.6. The number of carbonyl (C=O) groups excluding carboxylic acids is 1. The third kappa shape index (κ3) is 4.10. The second-order valence-electron chi connectivity index (χ2n) is 6.95. The minimum absolute atomic E-state index is 0.0704. The highest BCUT2D eigenvalue weighted by Gasteiger charge is 2.34. The van der Waals surface area contributed by atoms with Crippen molar-refractivity contribution in [3.8, 4) is 11.5 Å². The van der Waals surface area contributed by atoms with Crippen LogP contribution in [0.15, 0.2) is 42.5 Å². The van der Waals surface area contributed by atoms with Crippen molar-refractivity contribution in [1.29, 1.82) is 0 Å². The molecular formula is C20H22FNO3. The molecule has 3 rings (SSSR count). The molecule has 0 saturated heterocycles. The predicted molar refractivity (Wildman–Crippen MR) is 93.3 cm³/mol. The first kappa shape index (κ1) is 17.3. The van der Waals surface area contributed by atoms with Crippen LogP contribution in [0.4, 0.5) is 4.39 Å². The Morgan fingerprint density at radius 3 is 2.84 bits per heavy atom. The Balaban J connectivity index is 1.70. The maximum atomic E-state index is 13.6. The summed E-state index contributed by atoms with van der Waals surface area (Å²) < 4.78 is 24.9. The molecule has 1 atom stereocenters. The summed E-state index contributed by atoms with van der Waals surface area (Å²) in [5, 5.41) is 2.97. The highest BCUT2D eigenvalue weighted by Crippen LogP contribution is 2.39. The molecule has 1 aliphatic rings. The van der Waals surface area contributed by atoms with E-state index < -0.39 is 5.82 Å². The average Bonchev–Trinajstić information content (AvgIpc) is 2.52. The van der Waals surface area contributed by atoms with Crippen molar-refractivity contribution in [3.05, 3.63) is 59.4 Å². The van der Waals surface area contributed by atoms with Crippen LogP contribution in [0, 0.1) is 12.7 Å². The van der Waals surface area contributed by atoms with Gasteiger partial charge in [-0.15, -0.1) is 0 Å². The molecule has 132 valence electrons. The number of rotatable bonds is 4. The van der Waals surface area contributed by atoms with Gasteiger partial charge in [0.05, 0.1) is 6.04 Å². The number of aryl methyl sites for hydroxylation is 1. The Kier molecular flexibility index (Phi) is 4.66. The van der Waals surface area contributed by atoms with Crippen LogP contribution in [-0.4, -0.2) is 18.1 Å². The first-order valence-electron chi connectivity index (χ1n) is 8.30. The van der Waals surface area contributed by atoms with Gasteiger partial charge in [-0.05, 0) is 44.5 Å². The highest BCUT2D eigenvalue weighted by atomic mass is 19.1. The van der Waals surface area contributed by atoms with E-state index >= 15 is 0 Å². The number of nitrogens with one attached hydrogen (secondary N) is 1. The van der Waals surface area contributed by atoms with Crippen LogP contribution in [0.2, 0.25) is 0 Å². The SMILES string of the molecule is Cc1ccc2c(c1)OC(C)(C)C[C@H]2NC(=O)COc1ccccc1F. The van der Waals surface area contributed by atoms with Gasteiger partial charge in [-0.1, -0.05) is 24.3 Å². The third-order valence-corrected chi connectivity index (χ3v) is 4.16. The molecule has 1 heterocycles. The zero-order valence-corrected chi connectivity index (χ0v) is 14.6. The Hall–Kier alpha value is -2.56. The molecule has 2 aromatic rings. The molecule has 0 bridgehead atoms. The Morgan fingerprint density at radius 1 is 1.32 bits per heavy atom. The molecule has 5 heteroatoms. The summed E-state index contributed by atoms with van der Waals surface area (Å²) in [6.07, 6.45) is 0.647. The number of carbonyl (C=O) groups is 1. The quantitative estimate of drug-likeness (QED) is 0.915. The van der Waals surface area contributed by atoms with Crippen LogP contribution in [0.3, 0.4) is 0 Å². The summed E-state index contributed by atoms with van der Waals surface area (Å²) in [7, 11) is 0. The number of amides is 1. The van der Waals surface area contributed by atoms with Crippen LogP contribution in [0.1, 0.15) is 37.4 Å². The zero-order chi connectivity index (χ0) is 18.0. The van der Waals surface area contributed by atoms with Gasteiger partial charge >= 0.3 is 0 Å². The van der Waals surface area contributed by atoms with Crippen molar-refractivity contribution in [2.45, 2.75) is 38.8 Å². The van der Waals surface area contributed by atoms with Crippen molar-refractivity contribution < 1.29 is 18.7 Å². The van der Waals surface area contributed by atoms with E-state index in [1.165, 1.54) is 12.1 Å². The van der Waals surface area contributed by atoms with Crippen LogP contribution >= 0.6 is 0 Å². The normalized spacial score (nSPS) is 18.0. The van der Waals surface area contributed by atoms with Crippen molar-refractivity contribution in [3.63, 3.8) is 0 Å². The Bertz CT molecular complexity index is 788. The molecule has 4 nitrogen and oxygen atoms in total. The summed E-state index contributed by atoms with van der Waals surface area (Å²) in [5.41, 5.74) is 1.67. The molecule has 1 N–H and O–H groups in total. The molecule has 1 aliphatic heterocycles. The summed E-state index contributed by atoms with van der Waals surface area (Å²) in [4.78, 5) is 12.3. The molecule has 25 heavy (non-hydrogen) atoms. The minimum Gasteiger partial charge on any atom is -0.487 e. The standard InChI is InChI=1S/C20H22FNO3/c1-13-8-9-14-16(11-20(2,3)25-18(14)10-13)22-19(23)12-24-17-7-5-4-6-15(17)21/h4-10,16H,11-12H2,1-3H3,(H,22,23)/t16-/m1/s1. The summed E-state index contributed by atoms with van der Waals surface area (Å²) in [6.45, 7) is 5.75. The van der Waals surface area contributed by atoms with E-state index in [1.54, 1.807) is 12.1 Å². The van der Waals surface area contributed by atoms with E-state index in [1.807, 2.05) is 39.0 Å². The third-order valence-electron chi connectivity index (χ3n) is 4.16. The lowest BCUT2D eigenvalue weighted by Crippen LogP contribution is -2.42. The Morgan fingerprint density at radius 2 is 2.08 bits per heavy atom. The van der Waals surface area contributed by atoms with E-state index in [9.17, 15) is 9.18 Å². The topological polar surface area (TPSA) is 47.6 Å². The van der Waals surface area contributed by atoms with Crippen LogP contribution in [-0.2, 0) is 4.79 Å². The molecule has 0 radical (unpaired) electrons. The molecule has 0 aromatic heterocycles. The number of fused-ring (bicyclic) bond motifs is 1. The maximum absolute atomic E-state index is 13.6. The minimum atomic E-state index is -0.483. The van der Waals surface area contributed by atoms with Crippen molar-refractivity contribution >= 4 is 5.91 Å². The number of hydrogen-bond donors (Lipinski definition) is 1. The van der Waals surface area contributed by atoms with E-state index in [0.29, 0.717) is 6.42 Å². The average molecular weight is 343 g/mol. The van der Waals surface area contributed by atoms with E-state index in [0.717, 1.165) is 16.9 Å². The van der Waals surface area contributed by atoms with Gasteiger partial charge in [0.15, 0.2) is 18.2 Å². The molecule has 0 spiro atoms. The van der Waals surface area contributed by atoms with Gasteiger partial charge in [-0.25, -0.2) is 4.39 Å². The molecule has 0 saturated carbocycles. The second-order valence-corrected chi connectivity index (χ2v) is 6.95. The summed E-state index contributed by atoms with van der Waals surface area (Å²) >= 11 is 0. The van der Waals surface area contributed by atoms with Crippen molar-refractivity contribution in [2.75, 3.05) is 6.61 Å². The van der Waals surface area contributed by atoms with Gasteiger partial charge < -0.3 is 14.8 Å². The fourth-order valence-corrected chi connectivity index (χ4v) is 3.03. The second kappa shape index (κ2) is 6.75. The number of benzene rings is 2. The lowest BCUT2D eigenvalue weighted by atomic mass is 9.89. The van der Waals surface area contributed by atoms with Crippen molar-refractivity contribution in [1.82, 2.24) is 5.32 Å². The molecule has 0 unspecified atom stereocenters. The van der Waals surface area contributed by atoms with E-state index in [2.05, 4.69) is 5.32 Å². The van der Waals surface area contributed by atoms with Gasteiger partial charge in [0.1, 0.15) is 11.4 Å². The van der Waals surface area contributed by atoms with Crippen LogP contribution < -0.4 is 14.8 Å². The molecule has 2 aromatic carbocycles. The monoisotopic (exact) mass is 343 g/mol. The van der Waals surface area contributed by atoms with Gasteiger partial charge in [0.25, 0.3) is 5.91 Å². The fourth-order valence-electron chi connectivity index (χ4n) is 3.03. The molecular weight excluding hydrogens is 321 g/mol. The van der Waals surface area contributed by atoms with Gasteiger partial charge in [-0.3, -0.25) is 4.79 Å². The maximum Gasteiger partial charge on any atom is 0.258 e. The summed E-state index contributed by atoms with van der Waals surface area (Å²) in [5.74, 6) is 0.0818. The first-order valence-corrected chi connectivity index (χ1v) is 8.30. The first-order chi connectivity index (χ1) is 11.8. The van der Waals surface area contributed by atoms with Crippen LogP contribution in [0.25, 0.3) is 0 Å². The van der Waals surface area contributed by atoms with E-state index in [-0.39, 0.29) is 29.9 Å². The largest absolute Gasteiger partial charge is 0.487 e. The molecule has 1 amide bonds. The number of halogens is 1. The van der Waals surface area contributed by atoms with Gasteiger partial charge in [0.2, 0.25) is 0 Å². The van der Waals surface area contributed by atoms with Gasteiger partial charge in [-0.2, -0.15) is 0 Å². The summed E-state index contributed by atoms with van der Waals surface area (Å²) in [6, 6.07) is 11.8. The lowest BCUT2D eigenvalue weighted by Gasteiger charge is -2.38. The molecule has 0 fully saturated rings. The Labute approximate surface area is 147 Å².